The van der Waals surface area contributed by atoms with E-state index in [1.54, 1.807) is 11.9 Å². The van der Waals surface area contributed by atoms with E-state index in [0.717, 1.165) is 19.3 Å². The van der Waals surface area contributed by atoms with Crippen molar-refractivity contribution >= 4 is 11.9 Å². The van der Waals surface area contributed by atoms with Crippen LogP contribution in [0.4, 0.5) is 4.79 Å². The molecule has 0 atom stereocenters. The fourth-order valence-electron chi connectivity index (χ4n) is 1.59. The molecule has 16 heavy (non-hydrogen) atoms. The Morgan fingerprint density at radius 1 is 1.38 bits per heavy atom. The second kappa shape index (κ2) is 6.35. The Bertz CT molecular complexity index is 252. The fraction of sp³-hybridized carbons (Fsp3) is 0.818. The molecule has 5 heteroatoms. The minimum Gasteiger partial charge on any atom is -0.358 e. The Morgan fingerprint density at radius 3 is 2.50 bits per heavy atom. The third-order valence-corrected chi connectivity index (χ3v) is 2.83. The molecular formula is C11H21N3O2. The van der Waals surface area contributed by atoms with Gasteiger partial charge in [0.2, 0.25) is 5.91 Å². The summed E-state index contributed by atoms with van der Waals surface area (Å²) in [5.74, 6) is -0.128. The van der Waals surface area contributed by atoms with Gasteiger partial charge in [-0.3, -0.25) is 4.79 Å². The average Bonchev–Trinajstić information content (AvgIpc) is 2.22. The van der Waals surface area contributed by atoms with Crippen LogP contribution in [-0.4, -0.2) is 43.0 Å². The molecule has 92 valence electrons. The number of hydrogen-bond acceptors (Lipinski definition) is 2. The van der Waals surface area contributed by atoms with Crippen LogP contribution in [0, 0.1) is 0 Å². The summed E-state index contributed by atoms with van der Waals surface area (Å²) in [6, 6.07) is 0.201. The molecule has 0 bridgehead atoms. The summed E-state index contributed by atoms with van der Waals surface area (Å²) >= 11 is 0. The molecule has 0 spiro atoms. The quantitative estimate of drug-likeness (QED) is 0.726. The van der Waals surface area contributed by atoms with Crippen LogP contribution in [0.15, 0.2) is 0 Å². The second-order valence-corrected chi connectivity index (χ2v) is 4.17. The first kappa shape index (κ1) is 12.8. The molecule has 0 aromatic carbocycles. The zero-order valence-electron chi connectivity index (χ0n) is 10.1. The number of amides is 3. The van der Waals surface area contributed by atoms with Gasteiger partial charge in [0, 0.05) is 19.6 Å². The first-order valence-electron chi connectivity index (χ1n) is 5.93. The second-order valence-electron chi connectivity index (χ2n) is 4.17. The van der Waals surface area contributed by atoms with Crippen LogP contribution in [0.5, 0.6) is 0 Å². The lowest BCUT2D eigenvalue weighted by Crippen LogP contribution is -2.50. The molecule has 3 amide bonds. The molecule has 1 aliphatic carbocycles. The lowest BCUT2D eigenvalue weighted by molar-refractivity contribution is -0.121. The maximum Gasteiger partial charge on any atom is 0.318 e. The molecule has 1 aliphatic rings. The maximum atomic E-state index is 11.8. The molecule has 0 aromatic rings. The van der Waals surface area contributed by atoms with E-state index in [2.05, 4.69) is 10.6 Å². The van der Waals surface area contributed by atoms with Crippen molar-refractivity contribution in [1.82, 2.24) is 15.5 Å². The van der Waals surface area contributed by atoms with Gasteiger partial charge in [-0.2, -0.15) is 0 Å². The number of urea groups is 1. The fourth-order valence-corrected chi connectivity index (χ4v) is 1.59. The summed E-state index contributed by atoms with van der Waals surface area (Å²) in [6.45, 7) is 2.75. The zero-order valence-corrected chi connectivity index (χ0v) is 10.1. The molecule has 0 heterocycles. The van der Waals surface area contributed by atoms with Crippen molar-refractivity contribution in [3.05, 3.63) is 0 Å². The van der Waals surface area contributed by atoms with Crippen molar-refractivity contribution in [2.24, 2.45) is 0 Å². The van der Waals surface area contributed by atoms with Crippen LogP contribution in [-0.2, 0) is 4.79 Å². The molecular weight excluding hydrogens is 206 g/mol. The molecule has 5 nitrogen and oxygen atoms in total. The van der Waals surface area contributed by atoms with Gasteiger partial charge in [0.25, 0.3) is 0 Å². The Balaban J connectivity index is 2.40. The highest BCUT2D eigenvalue weighted by Gasteiger charge is 2.23. The summed E-state index contributed by atoms with van der Waals surface area (Å²) in [7, 11) is 1.58. The van der Waals surface area contributed by atoms with Crippen molar-refractivity contribution in [2.45, 2.75) is 38.6 Å². The van der Waals surface area contributed by atoms with Crippen molar-refractivity contribution in [3.8, 4) is 0 Å². The van der Waals surface area contributed by atoms with E-state index in [0.29, 0.717) is 12.6 Å². The maximum absolute atomic E-state index is 11.8. The number of likely N-dealkylation sites (N-methyl/N-ethyl adjacent to an activating group) is 1. The molecule has 0 saturated heterocycles. The van der Waals surface area contributed by atoms with Gasteiger partial charge in [-0.1, -0.05) is 6.92 Å². The number of carbonyl (C=O) groups is 2. The summed E-state index contributed by atoms with van der Waals surface area (Å²) in [4.78, 5) is 24.6. The number of carbonyl (C=O) groups excluding carboxylic acids is 2. The van der Waals surface area contributed by atoms with Crippen LogP contribution in [0.1, 0.15) is 32.6 Å². The normalized spacial score (nSPS) is 15.1. The Hall–Kier alpha value is -1.26. The predicted octanol–water partition coefficient (Wildman–Crippen LogP) is 0.706. The van der Waals surface area contributed by atoms with Crippen molar-refractivity contribution < 1.29 is 9.59 Å². The van der Waals surface area contributed by atoms with Gasteiger partial charge in [-0.05, 0) is 25.7 Å². The molecule has 0 aliphatic heterocycles. The monoisotopic (exact) mass is 227 g/mol. The minimum absolute atomic E-state index is 0.116. The third kappa shape index (κ3) is 3.72. The third-order valence-electron chi connectivity index (χ3n) is 2.83. The highest BCUT2D eigenvalue weighted by atomic mass is 16.2. The van der Waals surface area contributed by atoms with Gasteiger partial charge in [-0.15, -0.1) is 0 Å². The van der Waals surface area contributed by atoms with Crippen molar-refractivity contribution in [3.63, 3.8) is 0 Å². The molecule has 1 saturated carbocycles. The van der Waals surface area contributed by atoms with Crippen molar-refractivity contribution in [2.75, 3.05) is 20.1 Å². The molecule has 0 radical (unpaired) electrons. The van der Waals surface area contributed by atoms with E-state index < -0.39 is 0 Å². The lowest BCUT2D eigenvalue weighted by atomic mass is 9.93. The zero-order chi connectivity index (χ0) is 12.0. The standard InChI is InChI=1S/C11H21N3O2/c1-3-7-14(8-10(15)12-2)11(16)13-9-5-4-6-9/h9H,3-8H2,1-2H3,(H,12,15)(H,13,16). The molecule has 1 rings (SSSR count). The number of rotatable bonds is 5. The number of nitrogens with zero attached hydrogens (tertiary/aromatic N) is 1. The lowest BCUT2D eigenvalue weighted by Gasteiger charge is -2.30. The minimum atomic E-state index is -0.128. The molecule has 0 unspecified atom stereocenters. The SMILES string of the molecule is CCCN(CC(=O)NC)C(=O)NC1CCC1. The van der Waals surface area contributed by atoms with Crippen molar-refractivity contribution in [1.29, 1.82) is 0 Å². The smallest absolute Gasteiger partial charge is 0.318 e. The van der Waals surface area contributed by atoms with E-state index >= 15 is 0 Å². The predicted molar refractivity (Wildman–Crippen MR) is 62.1 cm³/mol. The van der Waals surface area contributed by atoms with Crippen LogP contribution in [0.2, 0.25) is 0 Å². The average molecular weight is 227 g/mol. The Kier molecular flexibility index (Phi) is 5.08. The molecule has 0 aromatic heterocycles. The number of hydrogen-bond donors (Lipinski definition) is 2. The van der Waals surface area contributed by atoms with Crippen LogP contribution >= 0.6 is 0 Å². The largest absolute Gasteiger partial charge is 0.358 e. The Morgan fingerprint density at radius 2 is 2.06 bits per heavy atom. The van der Waals surface area contributed by atoms with Gasteiger partial charge in [0.05, 0.1) is 0 Å². The van der Waals surface area contributed by atoms with Gasteiger partial charge in [0.15, 0.2) is 0 Å². The van der Waals surface area contributed by atoms with Crippen LogP contribution in [0.25, 0.3) is 0 Å². The first-order valence-corrected chi connectivity index (χ1v) is 5.93. The van der Waals surface area contributed by atoms with Gasteiger partial charge >= 0.3 is 6.03 Å². The number of nitrogens with one attached hydrogen (secondary N) is 2. The summed E-state index contributed by atoms with van der Waals surface area (Å²) < 4.78 is 0. The van der Waals surface area contributed by atoms with Crippen LogP contribution in [0.3, 0.4) is 0 Å². The highest BCUT2D eigenvalue weighted by Crippen LogP contribution is 2.18. The summed E-state index contributed by atoms with van der Waals surface area (Å²) in [5.41, 5.74) is 0. The van der Waals surface area contributed by atoms with Gasteiger partial charge < -0.3 is 15.5 Å². The van der Waals surface area contributed by atoms with E-state index in [1.807, 2.05) is 6.92 Å². The van der Waals surface area contributed by atoms with E-state index in [1.165, 1.54) is 6.42 Å². The Labute approximate surface area is 96.6 Å². The molecule has 1 fully saturated rings. The summed E-state index contributed by atoms with van der Waals surface area (Å²) in [6.07, 6.45) is 4.17. The highest BCUT2D eigenvalue weighted by molar-refractivity contribution is 5.83. The van der Waals surface area contributed by atoms with E-state index in [-0.39, 0.29) is 18.5 Å². The van der Waals surface area contributed by atoms with Gasteiger partial charge in [-0.25, -0.2) is 4.79 Å². The van der Waals surface area contributed by atoms with E-state index in [9.17, 15) is 9.59 Å². The van der Waals surface area contributed by atoms with E-state index in [4.69, 9.17) is 0 Å². The summed E-state index contributed by atoms with van der Waals surface area (Å²) in [5, 5.41) is 5.47. The van der Waals surface area contributed by atoms with Gasteiger partial charge in [0.1, 0.15) is 6.54 Å². The molecule has 2 N–H and O–H groups in total. The first-order chi connectivity index (χ1) is 7.67. The topological polar surface area (TPSA) is 61.4 Å². The van der Waals surface area contributed by atoms with Crippen LogP contribution < -0.4 is 10.6 Å².